The highest BCUT2D eigenvalue weighted by Gasteiger charge is 2.15. The van der Waals surface area contributed by atoms with Gasteiger partial charge in [-0.25, -0.2) is 0 Å². The predicted octanol–water partition coefficient (Wildman–Crippen LogP) is 4.62. The van der Waals surface area contributed by atoms with Crippen molar-refractivity contribution in [2.75, 3.05) is 14.2 Å². The minimum absolute atomic E-state index is 0.0456. The Labute approximate surface area is 155 Å². The van der Waals surface area contributed by atoms with Crippen LogP contribution in [-0.4, -0.2) is 20.1 Å². The Kier molecular flexibility index (Phi) is 7.27. The van der Waals surface area contributed by atoms with Crippen molar-refractivity contribution in [3.8, 4) is 11.5 Å². The lowest BCUT2D eigenvalue weighted by atomic mass is 9.97. The van der Waals surface area contributed by atoms with Gasteiger partial charge in [0.25, 0.3) is 0 Å². The SMILES string of the molecule is COc1ccc([C@@H](CC(C)C)NC(=O)/C=C/c2ccccc2OC)cc1. The van der Waals surface area contributed by atoms with Gasteiger partial charge in [-0.15, -0.1) is 0 Å². The molecule has 0 saturated heterocycles. The van der Waals surface area contributed by atoms with Crippen LogP contribution in [0.5, 0.6) is 11.5 Å². The molecule has 0 saturated carbocycles. The monoisotopic (exact) mass is 353 g/mol. The number of para-hydroxylation sites is 1. The average molecular weight is 353 g/mol. The van der Waals surface area contributed by atoms with Crippen molar-refractivity contribution in [1.29, 1.82) is 0 Å². The van der Waals surface area contributed by atoms with Crippen LogP contribution in [0.25, 0.3) is 6.08 Å². The summed E-state index contributed by atoms with van der Waals surface area (Å²) in [6.45, 7) is 4.29. The van der Waals surface area contributed by atoms with Gasteiger partial charge in [-0.2, -0.15) is 0 Å². The maximum absolute atomic E-state index is 12.4. The molecule has 1 N–H and O–H groups in total. The first-order valence-electron chi connectivity index (χ1n) is 8.79. The molecule has 0 aliphatic heterocycles. The van der Waals surface area contributed by atoms with E-state index < -0.39 is 0 Å². The summed E-state index contributed by atoms with van der Waals surface area (Å²) in [7, 11) is 3.26. The summed E-state index contributed by atoms with van der Waals surface area (Å²) in [5.41, 5.74) is 1.94. The molecule has 0 aliphatic rings. The Bertz CT molecular complexity index is 735. The van der Waals surface area contributed by atoms with Gasteiger partial charge in [0.1, 0.15) is 11.5 Å². The third-order valence-corrected chi connectivity index (χ3v) is 4.09. The molecule has 26 heavy (non-hydrogen) atoms. The third-order valence-electron chi connectivity index (χ3n) is 4.09. The molecule has 1 amide bonds. The van der Waals surface area contributed by atoms with Gasteiger partial charge >= 0.3 is 0 Å². The fraction of sp³-hybridized carbons (Fsp3) is 0.318. The number of methoxy groups -OCH3 is 2. The van der Waals surface area contributed by atoms with Gasteiger partial charge in [0, 0.05) is 11.6 Å². The Balaban J connectivity index is 2.11. The molecule has 2 aromatic rings. The van der Waals surface area contributed by atoms with E-state index in [1.807, 2.05) is 48.5 Å². The van der Waals surface area contributed by atoms with Crippen molar-refractivity contribution in [1.82, 2.24) is 5.32 Å². The molecule has 0 radical (unpaired) electrons. The number of benzene rings is 2. The van der Waals surface area contributed by atoms with Crippen LogP contribution in [0, 0.1) is 5.92 Å². The van der Waals surface area contributed by atoms with Crippen molar-refractivity contribution >= 4 is 12.0 Å². The molecular weight excluding hydrogens is 326 g/mol. The zero-order valence-corrected chi connectivity index (χ0v) is 15.9. The summed E-state index contributed by atoms with van der Waals surface area (Å²) in [6, 6.07) is 15.4. The molecule has 2 aromatic carbocycles. The van der Waals surface area contributed by atoms with E-state index in [1.54, 1.807) is 26.4 Å². The number of hydrogen-bond donors (Lipinski definition) is 1. The second kappa shape index (κ2) is 9.66. The highest BCUT2D eigenvalue weighted by molar-refractivity contribution is 5.92. The van der Waals surface area contributed by atoms with Gasteiger partial charge in [-0.1, -0.05) is 44.2 Å². The van der Waals surface area contributed by atoms with Crippen molar-refractivity contribution < 1.29 is 14.3 Å². The lowest BCUT2D eigenvalue weighted by Gasteiger charge is -2.20. The predicted molar refractivity (Wildman–Crippen MR) is 105 cm³/mol. The second-order valence-electron chi connectivity index (χ2n) is 6.54. The minimum Gasteiger partial charge on any atom is -0.497 e. The number of hydrogen-bond acceptors (Lipinski definition) is 3. The Morgan fingerprint density at radius 1 is 1.04 bits per heavy atom. The van der Waals surface area contributed by atoms with Gasteiger partial charge in [0.15, 0.2) is 0 Å². The van der Waals surface area contributed by atoms with Crippen molar-refractivity contribution in [2.45, 2.75) is 26.3 Å². The molecule has 0 aliphatic carbocycles. The molecule has 0 fully saturated rings. The fourth-order valence-corrected chi connectivity index (χ4v) is 2.78. The lowest BCUT2D eigenvalue weighted by molar-refractivity contribution is -0.117. The second-order valence-corrected chi connectivity index (χ2v) is 6.54. The quantitative estimate of drug-likeness (QED) is 0.705. The first-order valence-corrected chi connectivity index (χ1v) is 8.79. The number of carbonyl (C=O) groups excluding carboxylic acids is 1. The number of nitrogens with one attached hydrogen (secondary N) is 1. The summed E-state index contributed by atoms with van der Waals surface area (Å²) in [5.74, 6) is 1.88. The topological polar surface area (TPSA) is 47.6 Å². The van der Waals surface area contributed by atoms with E-state index in [2.05, 4.69) is 19.2 Å². The molecule has 0 spiro atoms. The number of rotatable bonds is 8. The molecule has 1 atom stereocenters. The van der Waals surface area contributed by atoms with Crippen LogP contribution in [0.1, 0.15) is 37.4 Å². The molecule has 0 aromatic heterocycles. The zero-order valence-electron chi connectivity index (χ0n) is 15.9. The minimum atomic E-state index is -0.127. The van der Waals surface area contributed by atoms with Gasteiger partial charge in [0.2, 0.25) is 5.91 Å². The molecule has 0 unspecified atom stereocenters. The van der Waals surface area contributed by atoms with Gasteiger partial charge < -0.3 is 14.8 Å². The van der Waals surface area contributed by atoms with Gasteiger partial charge in [-0.3, -0.25) is 4.79 Å². The summed E-state index contributed by atoms with van der Waals surface area (Å²) >= 11 is 0. The smallest absolute Gasteiger partial charge is 0.244 e. The zero-order chi connectivity index (χ0) is 18.9. The standard InChI is InChI=1S/C22H27NO3/c1-16(2)15-20(17-9-12-19(25-3)13-10-17)23-22(24)14-11-18-7-5-6-8-21(18)26-4/h5-14,16,20H,15H2,1-4H3,(H,23,24)/b14-11+/t20-/m1/s1. The molecule has 4 heteroatoms. The summed E-state index contributed by atoms with van der Waals surface area (Å²) in [6.07, 6.45) is 4.18. The lowest BCUT2D eigenvalue weighted by Crippen LogP contribution is -2.28. The highest BCUT2D eigenvalue weighted by atomic mass is 16.5. The molecule has 0 bridgehead atoms. The summed E-state index contributed by atoms with van der Waals surface area (Å²) in [4.78, 5) is 12.4. The number of amides is 1. The molecule has 4 nitrogen and oxygen atoms in total. The highest BCUT2D eigenvalue weighted by Crippen LogP contribution is 2.24. The van der Waals surface area contributed by atoms with Gasteiger partial charge in [-0.05, 0) is 42.2 Å². The fourth-order valence-electron chi connectivity index (χ4n) is 2.78. The van der Waals surface area contributed by atoms with Crippen LogP contribution in [0.3, 0.4) is 0 Å². The maximum atomic E-state index is 12.4. The Morgan fingerprint density at radius 3 is 2.35 bits per heavy atom. The summed E-state index contributed by atoms with van der Waals surface area (Å²) < 4.78 is 10.5. The van der Waals surface area contributed by atoms with E-state index >= 15 is 0 Å². The van der Waals surface area contributed by atoms with E-state index in [4.69, 9.17) is 9.47 Å². The van der Waals surface area contributed by atoms with Crippen LogP contribution in [0.15, 0.2) is 54.6 Å². The normalized spacial score (nSPS) is 12.2. The van der Waals surface area contributed by atoms with Crippen LogP contribution in [0.4, 0.5) is 0 Å². The van der Waals surface area contributed by atoms with Crippen molar-refractivity contribution in [3.63, 3.8) is 0 Å². The maximum Gasteiger partial charge on any atom is 0.244 e. The first-order chi connectivity index (χ1) is 12.5. The Hall–Kier alpha value is -2.75. The van der Waals surface area contributed by atoms with Crippen LogP contribution < -0.4 is 14.8 Å². The van der Waals surface area contributed by atoms with E-state index in [0.717, 1.165) is 29.0 Å². The Morgan fingerprint density at radius 2 is 1.73 bits per heavy atom. The largest absolute Gasteiger partial charge is 0.497 e. The van der Waals surface area contributed by atoms with E-state index in [1.165, 1.54) is 0 Å². The molecule has 0 heterocycles. The van der Waals surface area contributed by atoms with Crippen LogP contribution in [0.2, 0.25) is 0 Å². The third kappa shape index (κ3) is 5.66. The molecule has 138 valence electrons. The average Bonchev–Trinajstić information content (AvgIpc) is 2.65. The first kappa shape index (κ1) is 19.6. The van der Waals surface area contributed by atoms with Crippen LogP contribution in [-0.2, 0) is 4.79 Å². The van der Waals surface area contributed by atoms with E-state index in [-0.39, 0.29) is 11.9 Å². The van der Waals surface area contributed by atoms with E-state index in [0.29, 0.717) is 5.92 Å². The van der Waals surface area contributed by atoms with Crippen LogP contribution >= 0.6 is 0 Å². The summed E-state index contributed by atoms with van der Waals surface area (Å²) in [5, 5.41) is 3.10. The molecular formula is C22H27NO3. The van der Waals surface area contributed by atoms with E-state index in [9.17, 15) is 4.79 Å². The van der Waals surface area contributed by atoms with Gasteiger partial charge in [0.05, 0.1) is 20.3 Å². The number of ether oxygens (including phenoxy) is 2. The van der Waals surface area contributed by atoms with Crippen molar-refractivity contribution in [3.05, 3.63) is 65.7 Å². The van der Waals surface area contributed by atoms with Crippen molar-refractivity contribution in [2.24, 2.45) is 5.92 Å². The number of carbonyl (C=O) groups is 1. The molecule has 2 rings (SSSR count).